The number of esters is 1. The summed E-state index contributed by atoms with van der Waals surface area (Å²) in [4.78, 5) is 23.2. The summed E-state index contributed by atoms with van der Waals surface area (Å²) in [5, 5.41) is 20.5. The number of ether oxygens (including phenoxy) is 1. The third-order valence-electron chi connectivity index (χ3n) is 4.89. The van der Waals surface area contributed by atoms with Gasteiger partial charge < -0.3 is 14.9 Å². The summed E-state index contributed by atoms with van der Waals surface area (Å²) in [7, 11) is 0. The standard InChI is InChI=1S/C20H34O5/c1-3-4-5-6-7-8-9-10-11-12-13-19(25-16(2)21)20(24)17(22)14-15-18(20)23/h14-15,17,19,22,24H,3-13H2,1-2H3/t17-,19-,20+/m1/s1. The van der Waals surface area contributed by atoms with Crippen LogP contribution in [0.4, 0.5) is 0 Å². The molecule has 25 heavy (non-hydrogen) atoms. The molecule has 1 aliphatic rings. The van der Waals surface area contributed by atoms with E-state index in [2.05, 4.69) is 6.92 Å². The minimum atomic E-state index is -2.04. The largest absolute Gasteiger partial charge is 0.459 e. The van der Waals surface area contributed by atoms with Gasteiger partial charge in [-0.25, -0.2) is 0 Å². The van der Waals surface area contributed by atoms with Crippen LogP contribution in [-0.2, 0) is 14.3 Å². The van der Waals surface area contributed by atoms with Gasteiger partial charge >= 0.3 is 5.97 Å². The smallest absolute Gasteiger partial charge is 0.303 e. The molecule has 5 nitrogen and oxygen atoms in total. The van der Waals surface area contributed by atoms with Gasteiger partial charge in [0.25, 0.3) is 0 Å². The molecule has 1 aliphatic carbocycles. The fourth-order valence-electron chi connectivity index (χ4n) is 3.34. The summed E-state index contributed by atoms with van der Waals surface area (Å²) in [6.07, 6.45) is 12.2. The van der Waals surface area contributed by atoms with Gasteiger partial charge in [-0.3, -0.25) is 9.59 Å². The maximum Gasteiger partial charge on any atom is 0.303 e. The van der Waals surface area contributed by atoms with Crippen LogP contribution in [0.25, 0.3) is 0 Å². The molecule has 0 spiro atoms. The molecular formula is C20H34O5. The van der Waals surface area contributed by atoms with Gasteiger partial charge in [-0.2, -0.15) is 0 Å². The molecule has 0 radical (unpaired) electrons. The van der Waals surface area contributed by atoms with E-state index < -0.39 is 29.6 Å². The molecular weight excluding hydrogens is 320 g/mol. The summed E-state index contributed by atoms with van der Waals surface area (Å²) in [6.45, 7) is 3.46. The summed E-state index contributed by atoms with van der Waals surface area (Å²) in [5.74, 6) is -1.16. The molecule has 0 saturated carbocycles. The Morgan fingerprint density at radius 3 is 2.08 bits per heavy atom. The Labute approximate surface area is 151 Å². The molecule has 0 saturated heterocycles. The van der Waals surface area contributed by atoms with E-state index in [0.717, 1.165) is 25.3 Å². The lowest BCUT2D eigenvalue weighted by molar-refractivity contribution is -0.178. The average molecular weight is 354 g/mol. The third kappa shape index (κ3) is 6.90. The van der Waals surface area contributed by atoms with E-state index in [1.165, 1.54) is 57.9 Å². The molecule has 0 aromatic carbocycles. The van der Waals surface area contributed by atoms with Crippen LogP contribution in [0.3, 0.4) is 0 Å². The van der Waals surface area contributed by atoms with Crippen molar-refractivity contribution in [3.8, 4) is 0 Å². The van der Waals surface area contributed by atoms with Gasteiger partial charge in [0.15, 0.2) is 11.4 Å². The first kappa shape index (κ1) is 21.8. The molecule has 0 heterocycles. The van der Waals surface area contributed by atoms with Crippen LogP contribution >= 0.6 is 0 Å². The number of unbranched alkanes of at least 4 members (excludes halogenated alkanes) is 9. The molecule has 5 heteroatoms. The molecule has 0 aromatic rings. The highest BCUT2D eigenvalue weighted by molar-refractivity contribution is 6.01. The Balaban J connectivity index is 2.29. The van der Waals surface area contributed by atoms with E-state index in [9.17, 15) is 19.8 Å². The van der Waals surface area contributed by atoms with Gasteiger partial charge in [0, 0.05) is 6.92 Å². The second-order valence-corrected chi connectivity index (χ2v) is 7.06. The van der Waals surface area contributed by atoms with E-state index in [0.29, 0.717) is 6.42 Å². The summed E-state index contributed by atoms with van der Waals surface area (Å²) in [5.41, 5.74) is -2.04. The second-order valence-electron chi connectivity index (χ2n) is 7.06. The number of hydrogen-bond acceptors (Lipinski definition) is 5. The topological polar surface area (TPSA) is 83.8 Å². The normalized spacial score (nSPS) is 23.8. The molecule has 144 valence electrons. The quantitative estimate of drug-likeness (QED) is 0.391. The predicted octanol–water partition coefficient (Wildman–Crippen LogP) is 3.46. The molecule has 0 aliphatic heterocycles. The summed E-state index contributed by atoms with van der Waals surface area (Å²) in [6, 6.07) is 0. The molecule has 0 bridgehead atoms. The van der Waals surface area contributed by atoms with Gasteiger partial charge in [-0.05, 0) is 25.0 Å². The van der Waals surface area contributed by atoms with Crippen molar-refractivity contribution < 1.29 is 24.5 Å². The van der Waals surface area contributed by atoms with Gasteiger partial charge in [0.1, 0.15) is 12.2 Å². The number of ketones is 1. The first-order valence-corrected chi connectivity index (χ1v) is 9.73. The highest BCUT2D eigenvalue weighted by atomic mass is 16.6. The van der Waals surface area contributed by atoms with Crippen LogP contribution in [0.15, 0.2) is 12.2 Å². The van der Waals surface area contributed by atoms with Crippen molar-refractivity contribution in [1.29, 1.82) is 0 Å². The van der Waals surface area contributed by atoms with Crippen LogP contribution in [0.2, 0.25) is 0 Å². The third-order valence-corrected chi connectivity index (χ3v) is 4.89. The number of carbonyl (C=O) groups is 2. The van der Waals surface area contributed by atoms with Gasteiger partial charge in [-0.15, -0.1) is 0 Å². The summed E-state index contributed by atoms with van der Waals surface area (Å²) >= 11 is 0. The molecule has 3 atom stereocenters. The van der Waals surface area contributed by atoms with E-state index >= 15 is 0 Å². The molecule has 2 N–H and O–H groups in total. The van der Waals surface area contributed by atoms with Crippen molar-refractivity contribution >= 4 is 11.8 Å². The van der Waals surface area contributed by atoms with Crippen molar-refractivity contribution in [2.45, 2.75) is 102 Å². The second kappa shape index (κ2) is 11.4. The molecule has 0 unspecified atom stereocenters. The lowest BCUT2D eigenvalue weighted by Crippen LogP contribution is -2.55. The average Bonchev–Trinajstić information content (AvgIpc) is 2.83. The summed E-state index contributed by atoms with van der Waals surface area (Å²) < 4.78 is 5.15. The van der Waals surface area contributed by atoms with Crippen LogP contribution < -0.4 is 0 Å². The van der Waals surface area contributed by atoms with Crippen molar-refractivity contribution in [2.75, 3.05) is 0 Å². The number of aliphatic hydroxyl groups excluding tert-OH is 1. The minimum Gasteiger partial charge on any atom is -0.459 e. The Morgan fingerprint density at radius 2 is 1.64 bits per heavy atom. The number of rotatable bonds is 13. The van der Waals surface area contributed by atoms with E-state index in [4.69, 9.17) is 4.74 Å². The Bertz CT molecular complexity index is 445. The maximum atomic E-state index is 11.9. The molecule has 0 amide bonds. The van der Waals surface area contributed by atoms with Crippen molar-refractivity contribution in [3.63, 3.8) is 0 Å². The lowest BCUT2D eigenvalue weighted by atomic mass is 9.87. The van der Waals surface area contributed by atoms with Crippen molar-refractivity contribution in [2.24, 2.45) is 0 Å². The Hall–Kier alpha value is -1.20. The van der Waals surface area contributed by atoms with E-state index in [1.807, 2.05) is 0 Å². The van der Waals surface area contributed by atoms with Crippen LogP contribution in [-0.4, -0.2) is 39.8 Å². The van der Waals surface area contributed by atoms with Gasteiger partial charge in [0.05, 0.1) is 0 Å². The number of hydrogen-bond donors (Lipinski definition) is 2. The first-order valence-electron chi connectivity index (χ1n) is 9.73. The van der Waals surface area contributed by atoms with Gasteiger partial charge in [-0.1, -0.05) is 64.7 Å². The Morgan fingerprint density at radius 1 is 1.12 bits per heavy atom. The highest BCUT2D eigenvalue weighted by Gasteiger charge is 2.52. The maximum absolute atomic E-state index is 11.9. The fraction of sp³-hybridized carbons (Fsp3) is 0.800. The lowest BCUT2D eigenvalue weighted by Gasteiger charge is -2.33. The zero-order valence-corrected chi connectivity index (χ0v) is 15.7. The highest BCUT2D eigenvalue weighted by Crippen LogP contribution is 2.30. The Kier molecular flexibility index (Phi) is 9.98. The van der Waals surface area contributed by atoms with Gasteiger partial charge in [0.2, 0.25) is 0 Å². The fourth-order valence-corrected chi connectivity index (χ4v) is 3.34. The van der Waals surface area contributed by atoms with E-state index in [1.54, 1.807) is 0 Å². The van der Waals surface area contributed by atoms with E-state index in [-0.39, 0.29) is 0 Å². The monoisotopic (exact) mass is 354 g/mol. The first-order chi connectivity index (χ1) is 11.9. The van der Waals surface area contributed by atoms with Crippen molar-refractivity contribution in [1.82, 2.24) is 0 Å². The van der Waals surface area contributed by atoms with Crippen LogP contribution in [0, 0.1) is 0 Å². The SMILES string of the molecule is CCCCCCCCCCCC[C@@H](OC(C)=O)[C@@]1(O)C(=O)C=C[C@H]1O. The van der Waals surface area contributed by atoms with Crippen molar-refractivity contribution in [3.05, 3.63) is 12.2 Å². The zero-order valence-electron chi connectivity index (χ0n) is 15.7. The minimum absolute atomic E-state index is 0.372. The zero-order chi connectivity index (χ0) is 18.7. The van der Waals surface area contributed by atoms with Crippen LogP contribution in [0.5, 0.6) is 0 Å². The van der Waals surface area contributed by atoms with Crippen LogP contribution in [0.1, 0.15) is 84.5 Å². The molecule has 1 rings (SSSR count). The number of carbonyl (C=O) groups excluding carboxylic acids is 2. The molecule has 0 fully saturated rings. The molecule has 0 aromatic heterocycles. The predicted molar refractivity (Wildman–Crippen MR) is 97.1 cm³/mol. The number of aliphatic hydroxyl groups is 2.